The van der Waals surface area contributed by atoms with Crippen LogP contribution in [-0.2, 0) is 14.3 Å². The molecule has 0 bridgehead atoms. The first-order chi connectivity index (χ1) is 21.4. The molecular formula is C34H40O10. The van der Waals surface area contributed by atoms with E-state index >= 15 is 0 Å². The average molecular weight is 609 g/mol. The fourth-order valence-corrected chi connectivity index (χ4v) is 2.95. The van der Waals surface area contributed by atoms with Gasteiger partial charge in [-0.2, -0.15) is 0 Å². The third kappa shape index (κ3) is 19.0. The second-order valence-corrected chi connectivity index (χ2v) is 8.23. The summed E-state index contributed by atoms with van der Waals surface area (Å²) in [6, 6.07) is 20.8. The summed E-state index contributed by atoms with van der Waals surface area (Å²) < 4.78 is 26.2. The van der Waals surface area contributed by atoms with Crippen molar-refractivity contribution >= 4 is 25.0 Å². The maximum atomic E-state index is 12.1. The van der Waals surface area contributed by atoms with E-state index in [2.05, 4.69) is 13.2 Å². The highest BCUT2D eigenvalue weighted by molar-refractivity contribution is 5.91. The Morgan fingerprint density at radius 2 is 1.20 bits per heavy atom. The predicted molar refractivity (Wildman–Crippen MR) is 168 cm³/mol. The lowest BCUT2D eigenvalue weighted by Gasteiger charge is -2.07. The van der Waals surface area contributed by atoms with Crippen molar-refractivity contribution in [3.63, 3.8) is 0 Å². The Hall–Kier alpha value is -5.22. The van der Waals surface area contributed by atoms with Gasteiger partial charge in [-0.25, -0.2) is 4.79 Å². The number of carbonyl (C=O) groups excluding carboxylic acids is 3. The van der Waals surface area contributed by atoms with Gasteiger partial charge in [0.05, 0.1) is 25.9 Å². The van der Waals surface area contributed by atoms with Crippen molar-refractivity contribution in [2.24, 2.45) is 0 Å². The summed E-state index contributed by atoms with van der Waals surface area (Å²) in [6.45, 7) is 8.49. The molecule has 10 heteroatoms. The lowest BCUT2D eigenvalue weighted by molar-refractivity contribution is -0.122. The molecule has 0 heterocycles. The van der Waals surface area contributed by atoms with Crippen molar-refractivity contribution in [1.29, 1.82) is 0 Å². The molecular weight excluding hydrogens is 568 g/mol. The van der Waals surface area contributed by atoms with Crippen LogP contribution in [0.5, 0.6) is 23.0 Å². The molecule has 10 nitrogen and oxygen atoms in total. The SMILES string of the molecule is C=CC=O.C=CCCCOc1ccc(C(=O)Oc2ccc(OC)cc2)cc1.COCCCOc1ccc(C=O)cc1.O=CO. The number of ether oxygens (including phenoxy) is 5. The van der Waals surface area contributed by atoms with Crippen LogP contribution >= 0.6 is 0 Å². The smallest absolute Gasteiger partial charge is 0.343 e. The molecule has 236 valence electrons. The molecule has 0 fully saturated rings. The third-order valence-electron chi connectivity index (χ3n) is 5.06. The first-order valence-electron chi connectivity index (χ1n) is 13.4. The lowest BCUT2D eigenvalue weighted by Crippen LogP contribution is -2.08. The molecule has 44 heavy (non-hydrogen) atoms. The van der Waals surface area contributed by atoms with E-state index in [9.17, 15) is 9.59 Å². The van der Waals surface area contributed by atoms with Crippen molar-refractivity contribution in [1.82, 2.24) is 0 Å². The number of rotatable bonds is 15. The molecule has 0 aliphatic rings. The number of hydrogen-bond acceptors (Lipinski definition) is 9. The van der Waals surface area contributed by atoms with Gasteiger partial charge in [-0.3, -0.25) is 14.4 Å². The minimum atomic E-state index is -0.409. The van der Waals surface area contributed by atoms with Gasteiger partial charge in [-0.05, 0) is 91.7 Å². The molecule has 0 amide bonds. The van der Waals surface area contributed by atoms with Gasteiger partial charge in [0, 0.05) is 25.7 Å². The molecule has 0 aliphatic heterocycles. The maximum absolute atomic E-state index is 12.1. The molecule has 0 atom stereocenters. The van der Waals surface area contributed by atoms with E-state index in [0.717, 1.165) is 37.0 Å². The predicted octanol–water partition coefficient (Wildman–Crippen LogP) is 6.25. The van der Waals surface area contributed by atoms with E-state index in [1.54, 1.807) is 87.0 Å². The van der Waals surface area contributed by atoms with Gasteiger partial charge < -0.3 is 28.8 Å². The van der Waals surface area contributed by atoms with E-state index in [1.165, 1.54) is 6.08 Å². The number of unbranched alkanes of at least 4 members (excludes halogenated alkanes) is 1. The first kappa shape index (κ1) is 38.8. The Bertz CT molecular complexity index is 1200. The number of esters is 1. The van der Waals surface area contributed by atoms with Crippen LogP contribution < -0.4 is 18.9 Å². The molecule has 3 aromatic rings. The quantitative estimate of drug-likeness (QED) is 0.0527. The number of allylic oxidation sites excluding steroid dienone is 2. The van der Waals surface area contributed by atoms with E-state index < -0.39 is 5.97 Å². The van der Waals surface area contributed by atoms with Gasteiger partial charge in [-0.15, -0.1) is 6.58 Å². The van der Waals surface area contributed by atoms with Crippen LogP contribution in [0.2, 0.25) is 0 Å². The normalized spacial score (nSPS) is 9.05. The van der Waals surface area contributed by atoms with Crippen molar-refractivity contribution in [3.05, 3.63) is 109 Å². The van der Waals surface area contributed by atoms with Crippen LogP contribution in [0.3, 0.4) is 0 Å². The Morgan fingerprint density at radius 1 is 0.727 bits per heavy atom. The number of methoxy groups -OCH3 is 2. The zero-order valence-corrected chi connectivity index (χ0v) is 25.1. The molecule has 3 rings (SSSR count). The fourth-order valence-electron chi connectivity index (χ4n) is 2.95. The Morgan fingerprint density at radius 3 is 1.66 bits per heavy atom. The van der Waals surface area contributed by atoms with E-state index in [1.807, 2.05) is 6.08 Å². The van der Waals surface area contributed by atoms with E-state index in [0.29, 0.717) is 48.7 Å². The van der Waals surface area contributed by atoms with Crippen LogP contribution in [-0.4, -0.2) is 64.2 Å². The number of carboxylic acid groups (broad SMARTS) is 1. The van der Waals surface area contributed by atoms with Gasteiger partial charge in [-0.1, -0.05) is 12.7 Å². The molecule has 0 aliphatic carbocycles. The monoisotopic (exact) mass is 608 g/mol. The van der Waals surface area contributed by atoms with E-state index in [4.69, 9.17) is 38.4 Å². The third-order valence-corrected chi connectivity index (χ3v) is 5.06. The summed E-state index contributed by atoms with van der Waals surface area (Å²) in [5.74, 6) is 2.29. The summed E-state index contributed by atoms with van der Waals surface area (Å²) >= 11 is 0. The molecule has 0 saturated carbocycles. The van der Waals surface area contributed by atoms with Gasteiger partial charge in [0.15, 0.2) is 0 Å². The standard InChI is InChI=1S/C19H20O4.C11H14O3.C3H4O.CH2O2/c1-3-4-5-14-22-17-8-6-15(7-9-17)19(20)23-18-12-10-16(21-2)11-13-18;1-13-7-2-8-14-11-5-3-10(9-12)4-6-11;1-2-3-4;2-1-3/h3,6-13H,1,4-5,14H2,2H3;3-6,9H,2,7-8H2,1H3;2-3H,1H2;1H,(H,2,3). The molecule has 0 spiro atoms. The van der Waals surface area contributed by atoms with Crippen LogP contribution in [0.1, 0.15) is 40.0 Å². The van der Waals surface area contributed by atoms with Crippen LogP contribution in [0, 0.1) is 0 Å². The number of benzene rings is 3. The largest absolute Gasteiger partial charge is 0.497 e. The first-order valence-corrected chi connectivity index (χ1v) is 13.4. The highest BCUT2D eigenvalue weighted by Gasteiger charge is 2.09. The fraction of sp³-hybridized carbons (Fsp3) is 0.235. The summed E-state index contributed by atoms with van der Waals surface area (Å²) in [6.07, 6.45) is 7.22. The average Bonchev–Trinajstić information content (AvgIpc) is 3.07. The highest BCUT2D eigenvalue weighted by Crippen LogP contribution is 2.19. The molecule has 1 N–H and O–H groups in total. The zero-order valence-electron chi connectivity index (χ0n) is 25.1. The van der Waals surface area contributed by atoms with Crippen LogP contribution in [0.25, 0.3) is 0 Å². The summed E-state index contributed by atoms with van der Waals surface area (Å²) in [5, 5.41) is 6.89. The molecule has 0 radical (unpaired) electrons. The second-order valence-electron chi connectivity index (χ2n) is 8.23. The van der Waals surface area contributed by atoms with Gasteiger partial charge in [0.25, 0.3) is 6.47 Å². The number of aldehydes is 2. The minimum Gasteiger partial charge on any atom is -0.497 e. The Labute approximate surface area is 258 Å². The number of carbonyl (C=O) groups is 4. The Kier molecular flexibility index (Phi) is 23.5. The molecule has 0 saturated heterocycles. The topological polar surface area (TPSA) is 135 Å². The molecule has 0 unspecified atom stereocenters. The summed E-state index contributed by atoms with van der Waals surface area (Å²) in [4.78, 5) is 39.9. The maximum Gasteiger partial charge on any atom is 0.343 e. The number of hydrogen-bond donors (Lipinski definition) is 1. The van der Waals surface area contributed by atoms with Gasteiger partial charge in [0.2, 0.25) is 0 Å². The van der Waals surface area contributed by atoms with Gasteiger partial charge >= 0.3 is 5.97 Å². The summed E-state index contributed by atoms with van der Waals surface area (Å²) in [7, 11) is 3.25. The molecule has 3 aromatic carbocycles. The zero-order chi connectivity index (χ0) is 32.8. The lowest BCUT2D eigenvalue weighted by atomic mass is 10.2. The second kappa shape index (κ2) is 26.7. The van der Waals surface area contributed by atoms with Crippen molar-refractivity contribution < 1.29 is 48.0 Å². The summed E-state index contributed by atoms with van der Waals surface area (Å²) in [5.41, 5.74) is 1.13. The van der Waals surface area contributed by atoms with Crippen LogP contribution in [0.15, 0.2) is 98.1 Å². The van der Waals surface area contributed by atoms with Crippen molar-refractivity contribution in [2.45, 2.75) is 19.3 Å². The molecule has 0 aromatic heterocycles. The van der Waals surface area contributed by atoms with Crippen molar-refractivity contribution in [2.75, 3.05) is 34.0 Å². The van der Waals surface area contributed by atoms with Gasteiger partial charge in [0.1, 0.15) is 35.6 Å². The minimum absolute atomic E-state index is 0.250. The van der Waals surface area contributed by atoms with E-state index in [-0.39, 0.29) is 6.47 Å². The van der Waals surface area contributed by atoms with Crippen LogP contribution in [0.4, 0.5) is 0 Å². The Balaban J connectivity index is 0.000000745. The highest BCUT2D eigenvalue weighted by atomic mass is 16.5. The van der Waals surface area contributed by atoms with Crippen molar-refractivity contribution in [3.8, 4) is 23.0 Å².